The van der Waals surface area contributed by atoms with E-state index < -0.39 is 5.91 Å². The number of nitriles is 1. The first-order chi connectivity index (χ1) is 16.8. The molecule has 1 fully saturated rings. The van der Waals surface area contributed by atoms with Crippen molar-refractivity contribution < 1.29 is 4.79 Å². The number of likely N-dealkylation sites (tertiary alicyclic amines) is 1. The Morgan fingerprint density at radius 3 is 2.74 bits per heavy atom. The summed E-state index contributed by atoms with van der Waals surface area (Å²) in [7, 11) is 0. The fourth-order valence-corrected chi connectivity index (χ4v) is 5.72. The highest BCUT2D eigenvalue weighted by atomic mass is 32.1. The largest absolute Gasteiger partial charge is 0.371 e. The van der Waals surface area contributed by atoms with E-state index in [4.69, 9.17) is 5.73 Å². The number of allylic oxidation sites excluding steroid dienone is 1. The quantitative estimate of drug-likeness (QED) is 0.456. The van der Waals surface area contributed by atoms with Gasteiger partial charge in [0.1, 0.15) is 5.82 Å². The summed E-state index contributed by atoms with van der Waals surface area (Å²) < 4.78 is 0. The second kappa shape index (κ2) is 12.7. The van der Waals surface area contributed by atoms with Crippen LogP contribution < -0.4 is 11.1 Å². The third-order valence-electron chi connectivity index (χ3n) is 6.88. The maximum absolute atomic E-state index is 11.7. The van der Waals surface area contributed by atoms with Gasteiger partial charge < -0.3 is 20.9 Å². The van der Waals surface area contributed by atoms with Crippen LogP contribution in [0.25, 0.3) is 0 Å². The van der Waals surface area contributed by atoms with Crippen LogP contribution in [0.1, 0.15) is 66.0 Å². The van der Waals surface area contributed by atoms with Gasteiger partial charge in [0, 0.05) is 44.0 Å². The van der Waals surface area contributed by atoms with E-state index >= 15 is 0 Å². The number of thiophene rings is 1. The zero-order chi connectivity index (χ0) is 25.4. The molecule has 3 N–H and O–H groups in total. The molecule has 1 atom stereocenters. The van der Waals surface area contributed by atoms with E-state index in [1.54, 1.807) is 17.4 Å². The molecule has 1 aliphatic heterocycles. The van der Waals surface area contributed by atoms with Crippen LogP contribution in [0, 0.1) is 25.2 Å². The second-order valence-electron chi connectivity index (χ2n) is 9.36. The Bertz CT molecular complexity index is 1030. The number of aryl methyl sites for hydroxylation is 3. The lowest BCUT2D eigenvalue weighted by molar-refractivity contribution is 0.0957. The highest BCUT2D eigenvalue weighted by Crippen LogP contribution is 2.25. The van der Waals surface area contributed by atoms with Crippen molar-refractivity contribution in [3.05, 3.63) is 62.9 Å². The first-order valence-electron chi connectivity index (χ1n) is 12.5. The van der Waals surface area contributed by atoms with Crippen molar-refractivity contribution in [1.29, 1.82) is 5.26 Å². The highest BCUT2D eigenvalue weighted by molar-refractivity contribution is 7.07. The number of rotatable bonds is 11. The first-order valence-corrected chi connectivity index (χ1v) is 13.4. The minimum atomic E-state index is -0.412. The molecular weight excluding hydrogens is 456 g/mol. The maximum Gasteiger partial charge on any atom is 0.250 e. The van der Waals surface area contributed by atoms with E-state index in [1.807, 2.05) is 19.9 Å². The van der Waals surface area contributed by atoms with Gasteiger partial charge in [0.25, 0.3) is 5.91 Å². The van der Waals surface area contributed by atoms with Crippen LogP contribution in [-0.2, 0) is 13.0 Å². The molecule has 1 amide bonds. The number of primary amides is 1. The van der Waals surface area contributed by atoms with Crippen LogP contribution in [0.3, 0.4) is 0 Å². The number of nitrogens with zero attached hydrogens (tertiary/aromatic N) is 4. The number of aromatic nitrogens is 1. The summed E-state index contributed by atoms with van der Waals surface area (Å²) >= 11 is 1.71. The van der Waals surface area contributed by atoms with Crippen molar-refractivity contribution in [2.24, 2.45) is 5.73 Å². The number of amides is 1. The summed E-state index contributed by atoms with van der Waals surface area (Å²) in [6, 6.07) is 7.23. The predicted octanol–water partition coefficient (Wildman–Crippen LogP) is 4.12. The van der Waals surface area contributed by atoms with Gasteiger partial charge in [-0.15, -0.1) is 0 Å². The average molecular weight is 495 g/mol. The Balaban J connectivity index is 1.60. The molecule has 35 heavy (non-hydrogen) atoms. The molecule has 0 bridgehead atoms. The molecule has 1 aliphatic rings. The van der Waals surface area contributed by atoms with Crippen LogP contribution >= 0.6 is 11.3 Å². The van der Waals surface area contributed by atoms with Crippen molar-refractivity contribution in [1.82, 2.24) is 20.1 Å². The molecule has 0 radical (unpaired) electrons. The van der Waals surface area contributed by atoms with Gasteiger partial charge in [0.15, 0.2) is 0 Å². The van der Waals surface area contributed by atoms with Crippen LogP contribution in [0.4, 0.5) is 0 Å². The molecule has 3 heterocycles. The monoisotopic (exact) mass is 494 g/mol. The summed E-state index contributed by atoms with van der Waals surface area (Å²) in [5.41, 5.74) is 9.96. The van der Waals surface area contributed by atoms with Crippen LogP contribution in [-0.4, -0.2) is 52.4 Å². The van der Waals surface area contributed by atoms with Crippen molar-refractivity contribution in [3.8, 4) is 6.07 Å². The molecular formula is C27H38N6OS. The lowest BCUT2D eigenvalue weighted by atomic mass is 9.98. The van der Waals surface area contributed by atoms with Crippen molar-refractivity contribution in [2.75, 3.05) is 19.6 Å². The van der Waals surface area contributed by atoms with Crippen LogP contribution in [0.15, 0.2) is 34.8 Å². The predicted molar refractivity (Wildman–Crippen MR) is 142 cm³/mol. The van der Waals surface area contributed by atoms with E-state index in [1.165, 1.54) is 5.56 Å². The Morgan fingerprint density at radius 2 is 2.17 bits per heavy atom. The number of nitrogens with one attached hydrogen (secondary N) is 1. The molecule has 0 saturated carbocycles. The summed E-state index contributed by atoms with van der Waals surface area (Å²) in [5.74, 6) is 0.508. The zero-order valence-corrected chi connectivity index (χ0v) is 22.2. The van der Waals surface area contributed by atoms with Crippen LogP contribution in [0.5, 0.6) is 0 Å². The van der Waals surface area contributed by atoms with E-state index in [0.29, 0.717) is 23.3 Å². The smallest absolute Gasteiger partial charge is 0.250 e. The number of carbonyl (C=O) groups is 1. The van der Waals surface area contributed by atoms with Gasteiger partial charge in [0.05, 0.1) is 23.4 Å². The average Bonchev–Trinajstić information content (AvgIpc) is 3.34. The third-order valence-corrected chi connectivity index (χ3v) is 7.61. The Kier molecular flexibility index (Phi) is 9.70. The molecule has 0 aromatic carbocycles. The standard InChI is InChI=1S/C27H38N6OS/c1-5-30-25(8-12-28)33(17-22-11-15-35-18-22)24-9-13-32(14-10-24)20(3)6-7-23-16-19(2)26(27(29)34)21(4)31-23/h8,11,15-16,18,20,24,30H,5-7,9-10,13-14,17H2,1-4H3,(H2,29,34)/t20-/m1/s1. The molecule has 0 aliphatic carbocycles. The molecule has 3 rings (SSSR count). The summed E-state index contributed by atoms with van der Waals surface area (Å²) in [6.45, 7) is 11.8. The fourth-order valence-electron chi connectivity index (χ4n) is 5.06. The SMILES string of the molecule is CCNC(=CC#N)N(Cc1ccsc1)C1CCN([C@H](C)CCc2cc(C)c(C(N)=O)c(C)n2)CC1. The molecule has 8 heteroatoms. The van der Waals surface area contributed by atoms with Gasteiger partial charge >= 0.3 is 0 Å². The topological polar surface area (TPSA) is 98.3 Å². The number of hydrogen-bond acceptors (Lipinski definition) is 7. The minimum absolute atomic E-state index is 0.394. The van der Waals surface area contributed by atoms with E-state index in [-0.39, 0.29) is 0 Å². The molecule has 0 unspecified atom stereocenters. The number of pyridine rings is 1. The Hall–Kier alpha value is -2.89. The summed E-state index contributed by atoms with van der Waals surface area (Å²) in [6.07, 6.45) is 5.66. The molecule has 7 nitrogen and oxygen atoms in total. The van der Waals surface area contributed by atoms with Gasteiger partial charge in [-0.25, -0.2) is 0 Å². The molecule has 2 aromatic rings. The van der Waals surface area contributed by atoms with E-state index in [9.17, 15) is 10.1 Å². The molecule has 1 saturated heterocycles. The summed E-state index contributed by atoms with van der Waals surface area (Å²) in [4.78, 5) is 21.2. The van der Waals surface area contributed by atoms with E-state index in [0.717, 1.165) is 68.9 Å². The highest BCUT2D eigenvalue weighted by Gasteiger charge is 2.28. The normalized spacial score (nSPS) is 16.0. The number of piperidine rings is 1. The molecule has 0 spiro atoms. The minimum Gasteiger partial charge on any atom is -0.371 e. The van der Waals surface area contributed by atoms with Gasteiger partial charge in [0.2, 0.25) is 0 Å². The number of nitrogens with two attached hydrogens (primary N) is 1. The number of carbonyl (C=O) groups excluding carboxylic acids is 1. The first kappa shape index (κ1) is 26.7. The maximum atomic E-state index is 11.7. The third kappa shape index (κ3) is 7.06. The van der Waals surface area contributed by atoms with Gasteiger partial charge in [-0.3, -0.25) is 9.78 Å². The lowest BCUT2D eigenvalue weighted by Crippen LogP contribution is -2.48. The zero-order valence-electron chi connectivity index (χ0n) is 21.4. The van der Waals surface area contributed by atoms with Gasteiger partial charge in [-0.2, -0.15) is 16.6 Å². The van der Waals surface area contributed by atoms with Gasteiger partial charge in [-0.05, 0) is 87.4 Å². The number of hydrogen-bond donors (Lipinski definition) is 2. The summed E-state index contributed by atoms with van der Waals surface area (Å²) in [5, 5.41) is 17.1. The molecule has 188 valence electrons. The van der Waals surface area contributed by atoms with E-state index in [2.05, 4.69) is 56.8 Å². The van der Waals surface area contributed by atoms with Crippen molar-refractivity contribution in [3.63, 3.8) is 0 Å². The lowest BCUT2D eigenvalue weighted by Gasteiger charge is -2.42. The van der Waals surface area contributed by atoms with Gasteiger partial charge in [-0.1, -0.05) is 0 Å². The van der Waals surface area contributed by atoms with Crippen molar-refractivity contribution >= 4 is 17.2 Å². The fraction of sp³-hybridized carbons (Fsp3) is 0.519. The van der Waals surface area contributed by atoms with Crippen LogP contribution in [0.2, 0.25) is 0 Å². The molecule has 2 aromatic heterocycles. The van der Waals surface area contributed by atoms with Crippen molar-refractivity contribution in [2.45, 2.75) is 72.0 Å². The Labute approximate surface area is 213 Å². The Morgan fingerprint density at radius 1 is 1.43 bits per heavy atom. The second-order valence-corrected chi connectivity index (χ2v) is 10.1.